The fourth-order valence-electron chi connectivity index (χ4n) is 1.15. The predicted molar refractivity (Wildman–Crippen MR) is 61.2 cm³/mol. The molecule has 0 aliphatic heterocycles. The quantitative estimate of drug-likeness (QED) is 0.870. The Hall–Kier alpha value is -0.780. The standard InChI is InChI=1S/C9H13NO3S.ClH/c1-13-8-5-7(6-10)3-4-9(8)14(2,11)12;/h3-5H,6,10H2,1-2H3;1H. The molecule has 0 fully saturated rings. The van der Waals surface area contributed by atoms with Gasteiger partial charge in [-0.3, -0.25) is 0 Å². The second-order valence-electron chi connectivity index (χ2n) is 2.96. The monoisotopic (exact) mass is 251 g/mol. The summed E-state index contributed by atoms with van der Waals surface area (Å²) in [5.41, 5.74) is 6.27. The van der Waals surface area contributed by atoms with Gasteiger partial charge in [-0.15, -0.1) is 12.4 Å². The number of ether oxygens (including phenoxy) is 1. The number of halogens is 1. The molecule has 6 heteroatoms. The number of hydrogen-bond donors (Lipinski definition) is 1. The van der Waals surface area contributed by atoms with Crippen molar-refractivity contribution in [1.29, 1.82) is 0 Å². The first-order valence-electron chi connectivity index (χ1n) is 4.06. The molecule has 0 atom stereocenters. The normalized spacial score (nSPS) is 10.6. The van der Waals surface area contributed by atoms with E-state index in [0.29, 0.717) is 12.3 Å². The van der Waals surface area contributed by atoms with Crippen LogP contribution in [0.1, 0.15) is 5.56 Å². The lowest BCUT2D eigenvalue weighted by atomic mass is 10.2. The highest BCUT2D eigenvalue weighted by Crippen LogP contribution is 2.24. The van der Waals surface area contributed by atoms with E-state index in [1.807, 2.05) is 0 Å². The topological polar surface area (TPSA) is 69.4 Å². The summed E-state index contributed by atoms with van der Waals surface area (Å²) >= 11 is 0. The Morgan fingerprint density at radius 2 is 2.00 bits per heavy atom. The highest BCUT2D eigenvalue weighted by Gasteiger charge is 2.13. The zero-order valence-corrected chi connectivity index (χ0v) is 10.2. The van der Waals surface area contributed by atoms with Crippen molar-refractivity contribution < 1.29 is 13.2 Å². The van der Waals surface area contributed by atoms with Gasteiger partial charge in [-0.05, 0) is 17.7 Å². The van der Waals surface area contributed by atoms with E-state index in [1.54, 1.807) is 12.1 Å². The first-order valence-corrected chi connectivity index (χ1v) is 5.95. The van der Waals surface area contributed by atoms with Crippen molar-refractivity contribution in [2.75, 3.05) is 13.4 Å². The molecule has 0 radical (unpaired) electrons. The molecule has 15 heavy (non-hydrogen) atoms. The maximum absolute atomic E-state index is 11.3. The summed E-state index contributed by atoms with van der Waals surface area (Å²) in [5, 5.41) is 0. The lowest BCUT2D eigenvalue weighted by molar-refractivity contribution is 0.402. The minimum absolute atomic E-state index is 0. The van der Waals surface area contributed by atoms with Gasteiger partial charge in [-0.1, -0.05) is 6.07 Å². The van der Waals surface area contributed by atoms with Gasteiger partial charge in [0.1, 0.15) is 10.6 Å². The Bertz CT molecular complexity index is 431. The molecule has 1 aromatic rings. The van der Waals surface area contributed by atoms with Gasteiger partial charge in [-0.25, -0.2) is 8.42 Å². The average molecular weight is 252 g/mol. The fourth-order valence-corrected chi connectivity index (χ4v) is 1.97. The largest absolute Gasteiger partial charge is 0.495 e. The summed E-state index contributed by atoms with van der Waals surface area (Å²) < 4.78 is 27.6. The SMILES string of the molecule is COc1cc(CN)ccc1S(C)(=O)=O.Cl. The minimum Gasteiger partial charge on any atom is -0.495 e. The van der Waals surface area contributed by atoms with E-state index in [2.05, 4.69) is 0 Å². The molecule has 0 spiro atoms. The molecule has 0 aliphatic rings. The van der Waals surface area contributed by atoms with Crippen LogP contribution in [-0.4, -0.2) is 21.8 Å². The van der Waals surface area contributed by atoms with Gasteiger partial charge in [-0.2, -0.15) is 0 Å². The molecule has 0 heterocycles. The van der Waals surface area contributed by atoms with Crippen LogP contribution < -0.4 is 10.5 Å². The zero-order chi connectivity index (χ0) is 10.8. The molecule has 0 aliphatic carbocycles. The Labute approximate surface area is 95.8 Å². The number of nitrogens with two attached hydrogens (primary N) is 1. The number of benzene rings is 1. The number of hydrogen-bond acceptors (Lipinski definition) is 4. The van der Waals surface area contributed by atoms with Crippen LogP contribution in [0.2, 0.25) is 0 Å². The first-order chi connectivity index (χ1) is 6.49. The van der Waals surface area contributed by atoms with E-state index in [9.17, 15) is 8.42 Å². The molecule has 0 saturated heterocycles. The summed E-state index contributed by atoms with van der Waals surface area (Å²) in [5.74, 6) is 0.343. The number of rotatable bonds is 3. The Kier molecular flexibility index (Phi) is 5.07. The lowest BCUT2D eigenvalue weighted by Crippen LogP contribution is -2.03. The van der Waals surface area contributed by atoms with Crippen molar-refractivity contribution >= 4 is 22.2 Å². The van der Waals surface area contributed by atoms with E-state index >= 15 is 0 Å². The van der Waals surface area contributed by atoms with Gasteiger partial charge in [0, 0.05) is 12.8 Å². The van der Waals surface area contributed by atoms with Crippen molar-refractivity contribution in [3.8, 4) is 5.75 Å². The van der Waals surface area contributed by atoms with E-state index in [0.717, 1.165) is 11.8 Å². The highest BCUT2D eigenvalue weighted by molar-refractivity contribution is 7.90. The zero-order valence-electron chi connectivity index (χ0n) is 8.56. The summed E-state index contributed by atoms with van der Waals surface area (Å²) in [4.78, 5) is 0.192. The van der Waals surface area contributed by atoms with E-state index < -0.39 is 9.84 Å². The first kappa shape index (κ1) is 14.2. The van der Waals surface area contributed by atoms with Gasteiger partial charge in [0.05, 0.1) is 7.11 Å². The lowest BCUT2D eigenvalue weighted by Gasteiger charge is -2.07. The second-order valence-corrected chi connectivity index (χ2v) is 4.95. The third-order valence-electron chi connectivity index (χ3n) is 1.86. The van der Waals surface area contributed by atoms with Crippen LogP contribution in [0.3, 0.4) is 0 Å². The molecule has 0 aromatic heterocycles. The molecule has 0 bridgehead atoms. The fraction of sp³-hybridized carbons (Fsp3) is 0.333. The smallest absolute Gasteiger partial charge is 0.179 e. The molecule has 1 aromatic carbocycles. The highest BCUT2D eigenvalue weighted by atomic mass is 35.5. The van der Waals surface area contributed by atoms with Gasteiger partial charge < -0.3 is 10.5 Å². The van der Waals surface area contributed by atoms with Gasteiger partial charge in [0.15, 0.2) is 9.84 Å². The van der Waals surface area contributed by atoms with Crippen LogP contribution >= 0.6 is 12.4 Å². The molecule has 1 rings (SSSR count). The molecule has 4 nitrogen and oxygen atoms in total. The summed E-state index contributed by atoms with van der Waals surface area (Å²) in [6.45, 7) is 0.362. The van der Waals surface area contributed by atoms with Crippen LogP contribution in [0.15, 0.2) is 23.1 Å². The van der Waals surface area contributed by atoms with Gasteiger partial charge in [0.25, 0.3) is 0 Å². The molecular formula is C9H14ClNO3S. The van der Waals surface area contributed by atoms with Gasteiger partial charge in [0.2, 0.25) is 0 Å². The average Bonchev–Trinajstić information content (AvgIpc) is 2.15. The third kappa shape index (κ3) is 3.37. The van der Waals surface area contributed by atoms with Crippen molar-refractivity contribution in [3.05, 3.63) is 23.8 Å². The van der Waals surface area contributed by atoms with E-state index in [1.165, 1.54) is 13.2 Å². The van der Waals surface area contributed by atoms with Crippen LogP contribution in [0.25, 0.3) is 0 Å². The van der Waals surface area contributed by atoms with E-state index in [4.69, 9.17) is 10.5 Å². The summed E-state index contributed by atoms with van der Waals surface area (Å²) in [6.07, 6.45) is 1.15. The Morgan fingerprint density at radius 3 is 2.40 bits per heavy atom. The van der Waals surface area contributed by atoms with Crippen LogP contribution in [0.4, 0.5) is 0 Å². The maximum atomic E-state index is 11.3. The molecule has 0 amide bonds. The summed E-state index contributed by atoms with van der Waals surface area (Å²) in [6, 6.07) is 4.83. The molecular weight excluding hydrogens is 238 g/mol. The second kappa shape index (κ2) is 5.34. The molecule has 2 N–H and O–H groups in total. The van der Waals surface area contributed by atoms with Crippen LogP contribution in [-0.2, 0) is 16.4 Å². The van der Waals surface area contributed by atoms with Crippen molar-refractivity contribution in [1.82, 2.24) is 0 Å². The predicted octanol–water partition coefficient (Wildman–Crippen LogP) is 0.979. The third-order valence-corrected chi connectivity index (χ3v) is 3.00. The van der Waals surface area contributed by atoms with Gasteiger partial charge >= 0.3 is 0 Å². The summed E-state index contributed by atoms with van der Waals surface area (Å²) in [7, 11) is -1.80. The Balaban J connectivity index is 0.00000196. The number of methoxy groups -OCH3 is 1. The molecule has 0 unspecified atom stereocenters. The maximum Gasteiger partial charge on any atom is 0.179 e. The Morgan fingerprint density at radius 1 is 1.40 bits per heavy atom. The van der Waals surface area contributed by atoms with Crippen LogP contribution in [0, 0.1) is 0 Å². The van der Waals surface area contributed by atoms with Crippen LogP contribution in [0.5, 0.6) is 5.75 Å². The van der Waals surface area contributed by atoms with E-state index in [-0.39, 0.29) is 17.3 Å². The van der Waals surface area contributed by atoms with Crippen molar-refractivity contribution in [2.24, 2.45) is 5.73 Å². The minimum atomic E-state index is -3.24. The molecule has 86 valence electrons. The number of sulfone groups is 1. The van der Waals surface area contributed by atoms with Crippen molar-refractivity contribution in [2.45, 2.75) is 11.4 Å². The molecule has 0 saturated carbocycles. The van der Waals surface area contributed by atoms with Crippen molar-refractivity contribution in [3.63, 3.8) is 0 Å².